The number of aromatic nitrogens is 2. The smallest absolute Gasteiger partial charge is 0.274 e. The van der Waals surface area contributed by atoms with Gasteiger partial charge in [-0.05, 0) is 17.7 Å². The summed E-state index contributed by atoms with van der Waals surface area (Å²) in [6.45, 7) is -0.00156. The van der Waals surface area contributed by atoms with Gasteiger partial charge in [0.15, 0.2) is 0 Å². The van der Waals surface area contributed by atoms with Gasteiger partial charge in [0.1, 0.15) is 12.9 Å². The van der Waals surface area contributed by atoms with E-state index in [0.29, 0.717) is 5.56 Å². The molecule has 0 spiro atoms. The van der Waals surface area contributed by atoms with Crippen molar-refractivity contribution in [2.24, 2.45) is 0 Å². The first kappa shape index (κ1) is 12.7. The predicted octanol–water partition coefficient (Wildman–Crippen LogP) is 1.91. The molecule has 0 saturated heterocycles. The van der Waals surface area contributed by atoms with E-state index in [-0.39, 0.29) is 12.3 Å². The molecule has 98 valence electrons. The fraction of sp³-hybridized carbons (Fsp3) is 0.0909. The van der Waals surface area contributed by atoms with Crippen LogP contribution in [-0.4, -0.2) is 20.6 Å². The number of carbonyl (C=O) groups excluding carboxylic acids is 1. The Morgan fingerprint density at radius 2 is 2.11 bits per heavy atom. The Morgan fingerprint density at radius 1 is 1.37 bits per heavy atom. The van der Waals surface area contributed by atoms with Crippen LogP contribution in [-0.2, 0) is 16.4 Å². The van der Waals surface area contributed by atoms with Crippen molar-refractivity contribution in [2.75, 3.05) is 0 Å². The van der Waals surface area contributed by atoms with Gasteiger partial charge in [-0.15, -0.1) is 0 Å². The number of imidazole rings is 1. The van der Waals surface area contributed by atoms with Gasteiger partial charge in [-0.1, -0.05) is 0 Å². The quantitative estimate of drug-likeness (QED) is 0.475. The first-order chi connectivity index (χ1) is 9.16. The van der Waals surface area contributed by atoms with Gasteiger partial charge in [-0.2, -0.15) is 4.89 Å². The highest BCUT2D eigenvalue weighted by Gasteiger charge is 2.07. The fourth-order valence-corrected chi connectivity index (χ4v) is 1.27. The van der Waals surface area contributed by atoms with E-state index in [1.165, 1.54) is 43.0 Å². The van der Waals surface area contributed by atoms with E-state index in [1.54, 1.807) is 0 Å². The Morgan fingerprint density at radius 3 is 2.68 bits per heavy atom. The van der Waals surface area contributed by atoms with E-state index in [2.05, 4.69) is 9.87 Å². The second kappa shape index (κ2) is 5.74. The number of rotatable bonds is 4. The van der Waals surface area contributed by atoms with Gasteiger partial charge in [-0.3, -0.25) is 15.0 Å². The first-order valence-corrected chi connectivity index (χ1v) is 5.22. The minimum atomic E-state index is -0.723. The van der Waals surface area contributed by atoms with Crippen LogP contribution in [0, 0.1) is 10.1 Å². The Hall–Kier alpha value is -2.74. The molecular weight excluding hydrogens is 254 g/mol. The molecule has 8 nitrogen and oxygen atoms in total. The van der Waals surface area contributed by atoms with Crippen LogP contribution in [0.5, 0.6) is 0 Å². The number of nitro groups is 1. The van der Waals surface area contributed by atoms with Crippen LogP contribution in [0.3, 0.4) is 0 Å². The summed E-state index contributed by atoms with van der Waals surface area (Å²) in [6.07, 6.45) is 3.40. The van der Waals surface area contributed by atoms with Crippen LogP contribution in [0.15, 0.2) is 43.0 Å². The van der Waals surface area contributed by atoms with Crippen LogP contribution < -0.4 is 0 Å². The maximum absolute atomic E-state index is 11.3. The van der Waals surface area contributed by atoms with Crippen LogP contribution in [0.4, 0.5) is 10.5 Å². The van der Waals surface area contributed by atoms with Gasteiger partial charge in [0.2, 0.25) is 0 Å². The third-order valence-corrected chi connectivity index (χ3v) is 2.22. The fourth-order valence-electron chi connectivity index (χ4n) is 1.27. The van der Waals surface area contributed by atoms with Gasteiger partial charge < -0.3 is 0 Å². The highest BCUT2D eigenvalue weighted by molar-refractivity contribution is 5.69. The second-order valence-electron chi connectivity index (χ2n) is 3.50. The van der Waals surface area contributed by atoms with Crippen molar-refractivity contribution in [3.63, 3.8) is 0 Å². The molecule has 0 saturated carbocycles. The number of hydrogen-bond donors (Lipinski definition) is 0. The zero-order valence-electron chi connectivity index (χ0n) is 9.63. The molecule has 0 amide bonds. The summed E-state index contributed by atoms with van der Waals surface area (Å²) in [5, 5.41) is 10.4. The van der Waals surface area contributed by atoms with E-state index in [1.807, 2.05) is 0 Å². The summed E-state index contributed by atoms with van der Waals surface area (Å²) in [7, 11) is 0. The van der Waals surface area contributed by atoms with Crippen molar-refractivity contribution in [3.8, 4) is 0 Å². The van der Waals surface area contributed by atoms with Crippen molar-refractivity contribution in [1.82, 2.24) is 9.55 Å². The lowest BCUT2D eigenvalue weighted by Gasteiger charge is -2.03. The SMILES string of the molecule is O=C(OOCc1ccc([N+](=O)[O-])cc1)n1ccnc1. The first-order valence-electron chi connectivity index (χ1n) is 5.22. The van der Waals surface area contributed by atoms with E-state index >= 15 is 0 Å². The molecular formula is C11H9N3O5. The third-order valence-electron chi connectivity index (χ3n) is 2.22. The van der Waals surface area contributed by atoms with Crippen molar-refractivity contribution in [2.45, 2.75) is 6.61 Å². The normalized spacial score (nSPS) is 10.1. The second-order valence-corrected chi connectivity index (χ2v) is 3.50. The van der Waals surface area contributed by atoms with E-state index in [9.17, 15) is 14.9 Å². The summed E-state index contributed by atoms with van der Waals surface area (Å²) in [4.78, 5) is 34.2. The number of carbonyl (C=O) groups is 1. The number of non-ortho nitro benzene ring substituents is 1. The Balaban J connectivity index is 1.82. The number of benzene rings is 1. The molecule has 0 N–H and O–H groups in total. The topological polar surface area (TPSA) is 96.5 Å². The summed E-state index contributed by atoms with van der Waals surface area (Å²) in [5.41, 5.74) is 0.628. The van der Waals surface area contributed by atoms with Gasteiger partial charge in [-0.25, -0.2) is 14.3 Å². The summed E-state index contributed by atoms with van der Waals surface area (Å²) in [5.74, 6) is 0. The van der Waals surface area contributed by atoms with Crippen LogP contribution in [0.25, 0.3) is 0 Å². The van der Waals surface area contributed by atoms with E-state index < -0.39 is 11.0 Å². The molecule has 2 rings (SSSR count). The molecule has 1 heterocycles. The van der Waals surface area contributed by atoms with Gasteiger partial charge in [0.25, 0.3) is 5.69 Å². The predicted molar refractivity (Wildman–Crippen MR) is 62.0 cm³/mol. The van der Waals surface area contributed by atoms with Crippen molar-refractivity contribution >= 4 is 11.8 Å². The molecule has 1 aromatic carbocycles. The lowest BCUT2D eigenvalue weighted by Crippen LogP contribution is -2.12. The minimum absolute atomic E-state index is 0.00156. The summed E-state index contributed by atoms with van der Waals surface area (Å²) >= 11 is 0. The van der Waals surface area contributed by atoms with Gasteiger partial charge >= 0.3 is 6.09 Å². The van der Waals surface area contributed by atoms with E-state index in [4.69, 9.17) is 4.89 Å². The molecule has 0 atom stereocenters. The molecule has 0 fully saturated rings. The molecule has 8 heteroatoms. The molecule has 0 aliphatic rings. The number of hydrogen-bond acceptors (Lipinski definition) is 6. The number of nitro benzene ring substituents is 1. The molecule has 1 aromatic heterocycles. The molecule has 0 unspecified atom stereocenters. The molecule has 0 aliphatic heterocycles. The number of nitrogens with zero attached hydrogens (tertiary/aromatic N) is 3. The van der Waals surface area contributed by atoms with Gasteiger partial charge in [0.05, 0.1) is 4.92 Å². The maximum Gasteiger partial charge on any atom is 0.450 e. The van der Waals surface area contributed by atoms with E-state index in [0.717, 1.165) is 4.57 Å². The molecule has 19 heavy (non-hydrogen) atoms. The van der Waals surface area contributed by atoms with Crippen molar-refractivity contribution in [1.29, 1.82) is 0 Å². The van der Waals surface area contributed by atoms with Crippen LogP contribution in [0.2, 0.25) is 0 Å². The van der Waals surface area contributed by atoms with Crippen LogP contribution in [0.1, 0.15) is 5.56 Å². The highest BCUT2D eigenvalue weighted by atomic mass is 17.2. The lowest BCUT2D eigenvalue weighted by molar-refractivity contribution is -0.384. The maximum atomic E-state index is 11.3. The third kappa shape index (κ3) is 3.36. The molecule has 2 aromatic rings. The lowest BCUT2D eigenvalue weighted by atomic mass is 10.2. The van der Waals surface area contributed by atoms with Crippen LogP contribution >= 0.6 is 0 Å². The average molecular weight is 263 g/mol. The highest BCUT2D eigenvalue weighted by Crippen LogP contribution is 2.12. The Labute approximate surface area is 107 Å². The standard InChI is InChI=1S/C11H9N3O5/c15-11(13-6-5-12-8-13)19-18-7-9-1-3-10(4-2-9)14(16)17/h1-6,8H,7H2. The summed E-state index contributed by atoms with van der Waals surface area (Å²) < 4.78 is 1.11. The van der Waals surface area contributed by atoms with Gasteiger partial charge in [0, 0.05) is 24.5 Å². The largest absolute Gasteiger partial charge is 0.450 e. The zero-order chi connectivity index (χ0) is 13.7. The Bertz CT molecular complexity index is 565. The zero-order valence-corrected chi connectivity index (χ0v) is 9.63. The average Bonchev–Trinajstić information content (AvgIpc) is 2.93. The molecule has 0 radical (unpaired) electrons. The molecule has 0 aliphatic carbocycles. The Kier molecular flexibility index (Phi) is 3.84. The monoisotopic (exact) mass is 263 g/mol. The summed E-state index contributed by atoms with van der Waals surface area (Å²) in [6, 6.07) is 5.72. The minimum Gasteiger partial charge on any atom is -0.274 e. The van der Waals surface area contributed by atoms with Crippen molar-refractivity contribution < 1.29 is 19.5 Å². The van der Waals surface area contributed by atoms with Crippen molar-refractivity contribution in [3.05, 3.63) is 58.7 Å². The molecule has 0 bridgehead atoms.